The van der Waals surface area contributed by atoms with Gasteiger partial charge < -0.3 is 15.5 Å². The fourth-order valence-corrected chi connectivity index (χ4v) is 2.00. The number of carboxylic acid groups (broad SMARTS) is 2. The predicted molar refractivity (Wildman–Crippen MR) is 68.9 cm³/mol. The number of halogens is 1. The van der Waals surface area contributed by atoms with Crippen molar-refractivity contribution in [2.24, 2.45) is 0 Å². The van der Waals surface area contributed by atoms with Crippen LogP contribution in [0.4, 0.5) is 4.39 Å². The van der Waals surface area contributed by atoms with Gasteiger partial charge in [-0.3, -0.25) is 9.59 Å². The Kier molecular flexibility index (Phi) is 5.98. The number of nitrogens with one attached hydrogen (secondary N) is 1. The topological polar surface area (TPSA) is 104 Å². The molecule has 6 nitrogen and oxygen atoms in total. The Labute approximate surface area is 118 Å². The third-order valence-corrected chi connectivity index (χ3v) is 3.21. The SMILES string of the molecule is O=C(O)CC(NC(=O)CSc1ccc(F)cc1)C(=O)O. The zero-order valence-corrected chi connectivity index (χ0v) is 11.0. The van der Waals surface area contributed by atoms with Crippen LogP contribution in [-0.2, 0) is 14.4 Å². The Morgan fingerprint density at radius 2 is 1.80 bits per heavy atom. The summed E-state index contributed by atoms with van der Waals surface area (Å²) in [5, 5.41) is 19.4. The van der Waals surface area contributed by atoms with E-state index < -0.39 is 36.1 Å². The van der Waals surface area contributed by atoms with Gasteiger partial charge in [0.05, 0.1) is 12.2 Å². The van der Waals surface area contributed by atoms with Crippen molar-refractivity contribution in [2.45, 2.75) is 17.4 Å². The Bertz CT molecular complexity index is 505. The van der Waals surface area contributed by atoms with E-state index in [9.17, 15) is 18.8 Å². The van der Waals surface area contributed by atoms with Gasteiger partial charge in [0.25, 0.3) is 0 Å². The first-order valence-corrected chi connectivity index (χ1v) is 6.49. The summed E-state index contributed by atoms with van der Waals surface area (Å²) in [7, 11) is 0. The van der Waals surface area contributed by atoms with Crippen molar-refractivity contribution in [2.75, 3.05) is 5.75 Å². The molecule has 8 heteroatoms. The van der Waals surface area contributed by atoms with Crippen LogP contribution in [0.2, 0.25) is 0 Å². The number of benzene rings is 1. The number of thioether (sulfide) groups is 1. The summed E-state index contributed by atoms with van der Waals surface area (Å²) in [6, 6.07) is 3.99. The van der Waals surface area contributed by atoms with E-state index in [-0.39, 0.29) is 5.75 Å². The second kappa shape index (κ2) is 7.49. The lowest BCUT2D eigenvalue weighted by molar-refractivity contribution is -0.147. The second-order valence-electron chi connectivity index (χ2n) is 3.80. The van der Waals surface area contributed by atoms with Gasteiger partial charge in [-0.2, -0.15) is 0 Å². The lowest BCUT2D eigenvalue weighted by Crippen LogP contribution is -2.43. The monoisotopic (exact) mass is 301 g/mol. The molecule has 0 saturated heterocycles. The normalized spacial score (nSPS) is 11.7. The number of carboxylic acids is 2. The molecule has 108 valence electrons. The number of carbonyl (C=O) groups excluding carboxylic acids is 1. The Hall–Kier alpha value is -2.09. The van der Waals surface area contributed by atoms with Gasteiger partial charge in [0, 0.05) is 4.90 Å². The van der Waals surface area contributed by atoms with Gasteiger partial charge in [-0.25, -0.2) is 9.18 Å². The molecule has 0 heterocycles. The van der Waals surface area contributed by atoms with Crippen molar-refractivity contribution in [3.8, 4) is 0 Å². The third-order valence-electron chi connectivity index (χ3n) is 2.20. The zero-order valence-electron chi connectivity index (χ0n) is 10.2. The summed E-state index contributed by atoms with van der Waals surface area (Å²) >= 11 is 1.09. The molecule has 0 spiro atoms. The second-order valence-corrected chi connectivity index (χ2v) is 4.85. The van der Waals surface area contributed by atoms with Gasteiger partial charge in [0.2, 0.25) is 5.91 Å². The van der Waals surface area contributed by atoms with Crippen LogP contribution in [-0.4, -0.2) is 39.9 Å². The van der Waals surface area contributed by atoms with E-state index in [1.165, 1.54) is 24.3 Å². The molecule has 1 aromatic carbocycles. The molecule has 0 aliphatic heterocycles. The lowest BCUT2D eigenvalue weighted by atomic mass is 10.2. The molecule has 0 saturated carbocycles. The molecule has 1 amide bonds. The first-order chi connectivity index (χ1) is 9.38. The highest BCUT2D eigenvalue weighted by molar-refractivity contribution is 8.00. The van der Waals surface area contributed by atoms with Crippen molar-refractivity contribution in [1.29, 1.82) is 0 Å². The maximum Gasteiger partial charge on any atom is 0.326 e. The van der Waals surface area contributed by atoms with Gasteiger partial charge in [-0.15, -0.1) is 11.8 Å². The average molecular weight is 301 g/mol. The molecule has 0 radical (unpaired) electrons. The molecule has 0 bridgehead atoms. The van der Waals surface area contributed by atoms with E-state index in [1.807, 2.05) is 0 Å². The fourth-order valence-electron chi connectivity index (χ4n) is 1.29. The van der Waals surface area contributed by atoms with Crippen LogP contribution in [0.3, 0.4) is 0 Å². The van der Waals surface area contributed by atoms with Crippen LogP contribution < -0.4 is 5.32 Å². The molecule has 3 N–H and O–H groups in total. The lowest BCUT2D eigenvalue weighted by Gasteiger charge is -2.12. The van der Waals surface area contributed by atoms with Crippen LogP contribution in [0.15, 0.2) is 29.2 Å². The first kappa shape index (κ1) is 16.0. The molecule has 1 aromatic rings. The Morgan fingerprint density at radius 1 is 1.20 bits per heavy atom. The predicted octanol–water partition coefficient (Wildman–Crippen LogP) is 0.962. The minimum absolute atomic E-state index is 0.0883. The number of aliphatic carboxylic acids is 2. The highest BCUT2D eigenvalue weighted by Crippen LogP contribution is 2.17. The summed E-state index contributed by atoms with van der Waals surface area (Å²) in [6.45, 7) is 0. The fraction of sp³-hybridized carbons (Fsp3) is 0.250. The van der Waals surface area contributed by atoms with E-state index in [2.05, 4.69) is 5.32 Å². The van der Waals surface area contributed by atoms with E-state index in [4.69, 9.17) is 10.2 Å². The highest BCUT2D eigenvalue weighted by atomic mass is 32.2. The molecule has 1 atom stereocenters. The van der Waals surface area contributed by atoms with Crippen molar-refractivity contribution in [3.63, 3.8) is 0 Å². The molecule has 1 unspecified atom stereocenters. The van der Waals surface area contributed by atoms with Crippen LogP contribution in [0, 0.1) is 5.82 Å². The minimum Gasteiger partial charge on any atom is -0.481 e. The van der Waals surface area contributed by atoms with Gasteiger partial charge in [-0.1, -0.05) is 0 Å². The number of hydrogen-bond acceptors (Lipinski definition) is 4. The zero-order chi connectivity index (χ0) is 15.1. The van der Waals surface area contributed by atoms with Gasteiger partial charge in [0.15, 0.2) is 0 Å². The van der Waals surface area contributed by atoms with Crippen LogP contribution in [0.5, 0.6) is 0 Å². The summed E-state index contributed by atoms with van der Waals surface area (Å²) in [5.41, 5.74) is 0. The van der Waals surface area contributed by atoms with E-state index in [0.717, 1.165) is 11.8 Å². The van der Waals surface area contributed by atoms with Crippen molar-refractivity contribution >= 4 is 29.6 Å². The first-order valence-electron chi connectivity index (χ1n) is 5.51. The number of carbonyl (C=O) groups is 3. The third kappa shape index (κ3) is 5.70. The standard InChI is InChI=1S/C12H12FNO5S/c13-7-1-3-8(4-2-7)20-6-10(15)14-9(12(18)19)5-11(16)17/h1-4,9H,5-6H2,(H,14,15)(H,16,17)(H,18,19). The number of amides is 1. The smallest absolute Gasteiger partial charge is 0.326 e. The number of rotatable bonds is 7. The van der Waals surface area contributed by atoms with Crippen LogP contribution in [0.25, 0.3) is 0 Å². The molecule has 1 rings (SSSR count). The van der Waals surface area contributed by atoms with E-state index >= 15 is 0 Å². The maximum atomic E-state index is 12.7. The molecule has 0 fully saturated rings. The Balaban J connectivity index is 2.47. The van der Waals surface area contributed by atoms with Crippen molar-refractivity contribution < 1.29 is 29.0 Å². The molecular weight excluding hydrogens is 289 g/mol. The summed E-state index contributed by atoms with van der Waals surface area (Å²) in [5.74, 6) is -3.81. The van der Waals surface area contributed by atoms with Gasteiger partial charge >= 0.3 is 11.9 Å². The molecule has 0 aromatic heterocycles. The minimum atomic E-state index is -1.46. The molecule has 0 aliphatic carbocycles. The largest absolute Gasteiger partial charge is 0.481 e. The van der Waals surface area contributed by atoms with E-state index in [0.29, 0.717) is 4.90 Å². The number of hydrogen-bond donors (Lipinski definition) is 3. The summed E-state index contributed by atoms with van der Waals surface area (Å²) < 4.78 is 12.7. The van der Waals surface area contributed by atoms with Crippen molar-refractivity contribution in [1.82, 2.24) is 5.32 Å². The maximum absolute atomic E-state index is 12.7. The molecule has 20 heavy (non-hydrogen) atoms. The van der Waals surface area contributed by atoms with Gasteiger partial charge in [-0.05, 0) is 24.3 Å². The Morgan fingerprint density at radius 3 is 2.30 bits per heavy atom. The summed E-state index contributed by atoms with van der Waals surface area (Å²) in [4.78, 5) is 33.4. The average Bonchev–Trinajstić information content (AvgIpc) is 2.36. The van der Waals surface area contributed by atoms with Crippen LogP contribution >= 0.6 is 11.8 Å². The van der Waals surface area contributed by atoms with Gasteiger partial charge in [0.1, 0.15) is 11.9 Å². The molecular formula is C12H12FNO5S. The van der Waals surface area contributed by atoms with Crippen LogP contribution in [0.1, 0.15) is 6.42 Å². The summed E-state index contributed by atoms with van der Waals surface area (Å²) in [6.07, 6.45) is -0.692. The van der Waals surface area contributed by atoms with E-state index in [1.54, 1.807) is 0 Å². The quantitative estimate of drug-likeness (QED) is 0.648. The highest BCUT2D eigenvalue weighted by Gasteiger charge is 2.22. The van der Waals surface area contributed by atoms with Crippen molar-refractivity contribution in [3.05, 3.63) is 30.1 Å². The molecule has 0 aliphatic rings.